The Hall–Kier alpha value is -1.39. The van der Waals surface area contributed by atoms with Gasteiger partial charge in [-0.2, -0.15) is 0 Å². The lowest BCUT2D eigenvalue weighted by atomic mass is 10.1. The van der Waals surface area contributed by atoms with E-state index in [0.29, 0.717) is 17.9 Å². The highest BCUT2D eigenvalue weighted by Crippen LogP contribution is 2.22. The molecule has 2 aromatic rings. The molecule has 0 spiro atoms. The van der Waals surface area contributed by atoms with Crippen LogP contribution in [0.25, 0.3) is 0 Å². The molecule has 2 rings (SSSR count). The second-order valence-corrected chi connectivity index (χ2v) is 5.53. The molecule has 0 aromatic heterocycles. The van der Waals surface area contributed by atoms with E-state index in [2.05, 4.69) is 21.2 Å². The number of hydrogen-bond donors (Lipinski definition) is 1. The van der Waals surface area contributed by atoms with E-state index in [1.165, 1.54) is 6.07 Å². The monoisotopic (exact) mass is 337 g/mol. The topological polar surface area (TPSA) is 21.3 Å². The lowest BCUT2D eigenvalue weighted by molar-refractivity contribution is 0.304. The van der Waals surface area contributed by atoms with Gasteiger partial charge in [0.15, 0.2) is 0 Å². The number of nitrogens with one attached hydrogen (secondary N) is 1. The Bertz CT molecular complexity index is 588. The summed E-state index contributed by atoms with van der Waals surface area (Å²) in [4.78, 5) is 0. The second kappa shape index (κ2) is 6.86. The van der Waals surface area contributed by atoms with Crippen molar-refractivity contribution in [2.75, 3.05) is 7.05 Å². The Labute approximate surface area is 127 Å². The SMILES string of the molecule is CNC(C)c1ccc(OCc2cccc(Br)c2)cc1F. The average molecular weight is 338 g/mol. The number of rotatable bonds is 5. The predicted molar refractivity (Wildman–Crippen MR) is 82.3 cm³/mol. The van der Waals surface area contributed by atoms with Gasteiger partial charge in [-0.05, 0) is 37.7 Å². The third-order valence-corrected chi connectivity index (χ3v) is 3.66. The molecule has 1 unspecified atom stereocenters. The van der Waals surface area contributed by atoms with Crippen LogP contribution in [-0.2, 0) is 6.61 Å². The van der Waals surface area contributed by atoms with Gasteiger partial charge in [-0.25, -0.2) is 4.39 Å². The highest BCUT2D eigenvalue weighted by Gasteiger charge is 2.10. The summed E-state index contributed by atoms with van der Waals surface area (Å²) in [5.74, 6) is 0.285. The summed E-state index contributed by atoms with van der Waals surface area (Å²) >= 11 is 3.41. The van der Waals surface area contributed by atoms with E-state index in [-0.39, 0.29) is 11.9 Å². The fourth-order valence-corrected chi connectivity index (χ4v) is 2.34. The summed E-state index contributed by atoms with van der Waals surface area (Å²) in [6.07, 6.45) is 0. The summed E-state index contributed by atoms with van der Waals surface area (Å²) in [7, 11) is 1.81. The minimum atomic E-state index is -0.251. The molecule has 0 saturated heterocycles. The number of ether oxygens (including phenoxy) is 1. The molecule has 0 saturated carbocycles. The Morgan fingerprint density at radius 3 is 2.70 bits per heavy atom. The van der Waals surface area contributed by atoms with Gasteiger partial charge in [-0.1, -0.05) is 34.1 Å². The zero-order chi connectivity index (χ0) is 14.5. The van der Waals surface area contributed by atoms with Crippen molar-refractivity contribution in [2.24, 2.45) is 0 Å². The maximum Gasteiger partial charge on any atom is 0.131 e. The standard InChI is InChI=1S/C16H17BrFNO/c1-11(19-2)15-7-6-14(9-16(15)18)20-10-12-4-3-5-13(17)8-12/h3-9,11,19H,10H2,1-2H3. The molecule has 2 aromatic carbocycles. The van der Waals surface area contributed by atoms with Gasteiger partial charge in [0, 0.05) is 22.1 Å². The van der Waals surface area contributed by atoms with Crippen LogP contribution in [0, 0.1) is 5.82 Å². The maximum atomic E-state index is 13.9. The normalized spacial score (nSPS) is 12.2. The zero-order valence-electron chi connectivity index (χ0n) is 11.5. The summed E-state index contributed by atoms with van der Waals surface area (Å²) in [5, 5.41) is 3.02. The van der Waals surface area contributed by atoms with Gasteiger partial charge in [0.1, 0.15) is 18.2 Å². The van der Waals surface area contributed by atoms with E-state index >= 15 is 0 Å². The smallest absolute Gasteiger partial charge is 0.131 e. The van der Waals surface area contributed by atoms with Gasteiger partial charge < -0.3 is 10.1 Å². The minimum Gasteiger partial charge on any atom is -0.489 e. The fraction of sp³-hybridized carbons (Fsp3) is 0.250. The van der Waals surface area contributed by atoms with Crippen LogP contribution in [0.4, 0.5) is 4.39 Å². The van der Waals surface area contributed by atoms with Crippen molar-refractivity contribution in [2.45, 2.75) is 19.6 Å². The Morgan fingerprint density at radius 1 is 1.25 bits per heavy atom. The first-order valence-electron chi connectivity index (χ1n) is 6.44. The largest absolute Gasteiger partial charge is 0.489 e. The maximum absolute atomic E-state index is 13.9. The predicted octanol–water partition coefficient (Wildman–Crippen LogP) is 4.45. The van der Waals surface area contributed by atoms with Crippen LogP contribution >= 0.6 is 15.9 Å². The van der Waals surface area contributed by atoms with Crippen LogP contribution in [0.5, 0.6) is 5.75 Å². The van der Waals surface area contributed by atoms with E-state index in [0.717, 1.165) is 10.0 Å². The first-order chi connectivity index (χ1) is 9.60. The first kappa shape index (κ1) is 15.0. The molecule has 0 amide bonds. The summed E-state index contributed by atoms with van der Waals surface area (Å²) < 4.78 is 20.6. The lowest BCUT2D eigenvalue weighted by Gasteiger charge is -2.13. The van der Waals surface area contributed by atoms with Crippen molar-refractivity contribution in [3.63, 3.8) is 0 Å². The number of halogens is 2. The molecule has 0 fully saturated rings. The van der Waals surface area contributed by atoms with Gasteiger partial charge in [-0.3, -0.25) is 0 Å². The molecule has 0 radical (unpaired) electrons. The van der Waals surface area contributed by atoms with Crippen molar-refractivity contribution < 1.29 is 9.13 Å². The van der Waals surface area contributed by atoms with Gasteiger partial charge in [0.05, 0.1) is 0 Å². The van der Waals surface area contributed by atoms with Crippen LogP contribution < -0.4 is 10.1 Å². The van der Waals surface area contributed by atoms with Crippen molar-refractivity contribution in [1.29, 1.82) is 0 Å². The third kappa shape index (κ3) is 3.81. The van der Waals surface area contributed by atoms with Crippen LogP contribution in [-0.4, -0.2) is 7.05 Å². The van der Waals surface area contributed by atoms with Gasteiger partial charge in [0.2, 0.25) is 0 Å². The van der Waals surface area contributed by atoms with Crippen LogP contribution in [0.2, 0.25) is 0 Å². The molecular weight excluding hydrogens is 321 g/mol. The molecule has 0 aliphatic rings. The fourth-order valence-electron chi connectivity index (χ4n) is 1.90. The van der Waals surface area contributed by atoms with Crippen molar-refractivity contribution >= 4 is 15.9 Å². The third-order valence-electron chi connectivity index (χ3n) is 3.17. The van der Waals surface area contributed by atoms with Crippen molar-refractivity contribution in [3.05, 3.63) is 63.9 Å². The van der Waals surface area contributed by atoms with Gasteiger partial charge in [0.25, 0.3) is 0 Å². The average Bonchev–Trinajstić information content (AvgIpc) is 2.44. The molecule has 0 aliphatic heterocycles. The molecule has 1 N–H and O–H groups in total. The van der Waals surface area contributed by atoms with Crippen molar-refractivity contribution in [1.82, 2.24) is 5.32 Å². The van der Waals surface area contributed by atoms with E-state index in [9.17, 15) is 4.39 Å². The molecule has 0 bridgehead atoms. The molecule has 2 nitrogen and oxygen atoms in total. The summed E-state index contributed by atoms with van der Waals surface area (Å²) in [6.45, 7) is 2.33. The Balaban J connectivity index is 2.05. The quantitative estimate of drug-likeness (QED) is 0.870. The van der Waals surface area contributed by atoms with Crippen LogP contribution in [0.1, 0.15) is 24.1 Å². The van der Waals surface area contributed by atoms with Crippen molar-refractivity contribution in [3.8, 4) is 5.75 Å². The molecule has 106 valence electrons. The first-order valence-corrected chi connectivity index (χ1v) is 7.23. The van der Waals surface area contributed by atoms with E-state index in [1.807, 2.05) is 38.2 Å². The Kier molecular flexibility index (Phi) is 5.15. The van der Waals surface area contributed by atoms with E-state index in [1.54, 1.807) is 12.1 Å². The summed E-state index contributed by atoms with van der Waals surface area (Å²) in [5.41, 5.74) is 1.68. The van der Waals surface area contributed by atoms with E-state index < -0.39 is 0 Å². The Morgan fingerprint density at radius 2 is 2.05 bits per heavy atom. The highest BCUT2D eigenvalue weighted by molar-refractivity contribution is 9.10. The molecule has 4 heteroatoms. The highest BCUT2D eigenvalue weighted by atomic mass is 79.9. The molecule has 1 atom stereocenters. The van der Waals surface area contributed by atoms with Crippen LogP contribution in [0.3, 0.4) is 0 Å². The zero-order valence-corrected chi connectivity index (χ0v) is 13.1. The lowest BCUT2D eigenvalue weighted by Crippen LogP contribution is -2.13. The molecule has 0 aliphatic carbocycles. The molecular formula is C16H17BrFNO. The van der Waals surface area contributed by atoms with Gasteiger partial charge >= 0.3 is 0 Å². The number of benzene rings is 2. The second-order valence-electron chi connectivity index (χ2n) is 4.61. The number of hydrogen-bond acceptors (Lipinski definition) is 2. The summed E-state index contributed by atoms with van der Waals surface area (Å²) in [6, 6.07) is 12.8. The molecule has 20 heavy (non-hydrogen) atoms. The van der Waals surface area contributed by atoms with Crippen LogP contribution in [0.15, 0.2) is 46.9 Å². The van der Waals surface area contributed by atoms with Gasteiger partial charge in [-0.15, -0.1) is 0 Å². The van der Waals surface area contributed by atoms with E-state index in [4.69, 9.17) is 4.74 Å². The minimum absolute atomic E-state index is 0.0193. The molecule has 0 heterocycles.